The minimum Gasteiger partial charge on any atom is -0.497 e. The number of ether oxygens (including phenoxy) is 2. The van der Waals surface area contributed by atoms with Crippen LogP contribution >= 0.6 is 11.8 Å². The Morgan fingerprint density at radius 1 is 0.970 bits per heavy atom. The molecule has 8 nitrogen and oxygen atoms in total. The van der Waals surface area contributed by atoms with Crippen LogP contribution in [-0.2, 0) is 0 Å². The van der Waals surface area contributed by atoms with Gasteiger partial charge in [0.15, 0.2) is 11.0 Å². The molecule has 0 aliphatic carbocycles. The lowest BCUT2D eigenvalue weighted by molar-refractivity contribution is -0.384. The van der Waals surface area contributed by atoms with Crippen LogP contribution in [0.25, 0.3) is 17.1 Å². The van der Waals surface area contributed by atoms with Crippen molar-refractivity contribution >= 4 is 17.4 Å². The van der Waals surface area contributed by atoms with Crippen molar-refractivity contribution in [1.82, 2.24) is 14.8 Å². The first-order chi connectivity index (χ1) is 16.0. The van der Waals surface area contributed by atoms with Gasteiger partial charge in [-0.15, -0.1) is 10.2 Å². The van der Waals surface area contributed by atoms with Crippen molar-refractivity contribution in [2.24, 2.45) is 0 Å². The van der Waals surface area contributed by atoms with Crippen molar-refractivity contribution in [3.8, 4) is 28.6 Å². The maximum atomic E-state index is 11.2. The van der Waals surface area contributed by atoms with Gasteiger partial charge in [-0.3, -0.25) is 14.7 Å². The Morgan fingerprint density at radius 3 is 2.42 bits per heavy atom. The standard InChI is InChI=1S/C24H22N4O4S/c1-16(17-7-6-8-19(15-17)28(29)30)33-24-26-25-23(21-9-4-5-10-22(21)32-3)27(24)18-11-13-20(31-2)14-12-18/h4-16H,1-3H3. The maximum absolute atomic E-state index is 11.2. The van der Waals surface area contributed by atoms with Gasteiger partial charge in [0.1, 0.15) is 11.5 Å². The van der Waals surface area contributed by atoms with Gasteiger partial charge in [-0.25, -0.2) is 0 Å². The van der Waals surface area contributed by atoms with Crippen LogP contribution < -0.4 is 9.47 Å². The summed E-state index contributed by atoms with van der Waals surface area (Å²) in [5.41, 5.74) is 2.55. The van der Waals surface area contributed by atoms with E-state index in [1.807, 2.05) is 66.1 Å². The van der Waals surface area contributed by atoms with Crippen molar-refractivity contribution < 1.29 is 14.4 Å². The predicted molar refractivity (Wildman–Crippen MR) is 127 cm³/mol. The third-order valence-electron chi connectivity index (χ3n) is 5.14. The second-order valence-corrected chi connectivity index (χ2v) is 8.46. The first-order valence-electron chi connectivity index (χ1n) is 10.2. The zero-order chi connectivity index (χ0) is 23.4. The van der Waals surface area contributed by atoms with Crippen LogP contribution in [0.2, 0.25) is 0 Å². The normalized spacial score (nSPS) is 11.7. The third-order valence-corrected chi connectivity index (χ3v) is 6.25. The molecule has 4 rings (SSSR count). The fourth-order valence-corrected chi connectivity index (χ4v) is 4.42. The molecule has 1 aromatic heterocycles. The number of rotatable bonds is 8. The third kappa shape index (κ3) is 4.68. The predicted octanol–water partition coefficient (Wildman–Crippen LogP) is 5.71. The maximum Gasteiger partial charge on any atom is 0.269 e. The van der Waals surface area contributed by atoms with Crippen molar-refractivity contribution in [2.75, 3.05) is 14.2 Å². The van der Waals surface area contributed by atoms with Gasteiger partial charge < -0.3 is 9.47 Å². The summed E-state index contributed by atoms with van der Waals surface area (Å²) < 4.78 is 12.8. The SMILES string of the molecule is COc1ccc(-n2c(SC(C)c3cccc([N+](=O)[O-])c3)nnc2-c2ccccc2OC)cc1. The highest BCUT2D eigenvalue weighted by atomic mass is 32.2. The molecule has 0 radical (unpaired) electrons. The molecule has 0 bridgehead atoms. The number of hydrogen-bond donors (Lipinski definition) is 0. The number of nitro benzene ring substituents is 1. The largest absolute Gasteiger partial charge is 0.497 e. The molecule has 0 fully saturated rings. The lowest BCUT2D eigenvalue weighted by atomic mass is 10.1. The lowest BCUT2D eigenvalue weighted by Crippen LogP contribution is -2.02. The van der Waals surface area contributed by atoms with Crippen LogP contribution in [0.15, 0.2) is 78.0 Å². The summed E-state index contributed by atoms with van der Waals surface area (Å²) in [4.78, 5) is 10.8. The minimum atomic E-state index is -0.388. The number of para-hydroxylation sites is 1. The summed E-state index contributed by atoms with van der Waals surface area (Å²) in [5, 5.41) is 20.7. The van der Waals surface area contributed by atoms with Crippen molar-refractivity contribution in [1.29, 1.82) is 0 Å². The van der Waals surface area contributed by atoms with Crippen molar-refractivity contribution in [3.63, 3.8) is 0 Å². The molecule has 4 aromatic rings. The van der Waals surface area contributed by atoms with Crippen molar-refractivity contribution in [3.05, 3.63) is 88.5 Å². The Hall–Kier alpha value is -3.85. The Kier molecular flexibility index (Phi) is 6.60. The first kappa shape index (κ1) is 22.3. The Balaban J connectivity index is 1.79. The van der Waals surface area contributed by atoms with Crippen LogP contribution in [0, 0.1) is 10.1 Å². The number of aromatic nitrogens is 3. The molecule has 0 aliphatic rings. The molecule has 0 saturated carbocycles. The van der Waals surface area contributed by atoms with Gasteiger partial charge in [-0.05, 0) is 48.9 Å². The zero-order valence-electron chi connectivity index (χ0n) is 18.3. The number of thioether (sulfide) groups is 1. The minimum absolute atomic E-state index is 0.0614. The molecular formula is C24H22N4O4S. The van der Waals surface area contributed by atoms with Crippen LogP contribution in [0.4, 0.5) is 5.69 Å². The molecule has 0 aliphatic heterocycles. The summed E-state index contributed by atoms with van der Waals surface area (Å²) in [7, 11) is 3.24. The zero-order valence-corrected chi connectivity index (χ0v) is 19.2. The molecule has 0 saturated heterocycles. The number of hydrogen-bond acceptors (Lipinski definition) is 7. The van der Waals surface area contributed by atoms with E-state index in [9.17, 15) is 10.1 Å². The molecule has 0 N–H and O–H groups in total. The van der Waals surface area contributed by atoms with E-state index in [1.54, 1.807) is 26.4 Å². The Bertz CT molecular complexity index is 1270. The second-order valence-electron chi connectivity index (χ2n) is 7.15. The van der Waals surface area contributed by atoms with E-state index in [4.69, 9.17) is 9.47 Å². The number of benzene rings is 3. The molecule has 1 atom stereocenters. The average Bonchev–Trinajstić information content (AvgIpc) is 3.27. The molecule has 0 amide bonds. The summed E-state index contributed by atoms with van der Waals surface area (Å²) in [5.74, 6) is 2.05. The van der Waals surface area contributed by atoms with E-state index >= 15 is 0 Å². The van der Waals surface area contributed by atoms with E-state index in [2.05, 4.69) is 10.2 Å². The summed E-state index contributed by atoms with van der Waals surface area (Å²) in [6, 6.07) is 21.9. The van der Waals surface area contributed by atoms with Gasteiger partial charge in [-0.1, -0.05) is 36.0 Å². The first-order valence-corrected chi connectivity index (χ1v) is 11.0. The van der Waals surface area contributed by atoms with Crippen LogP contribution in [-0.4, -0.2) is 33.9 Å². The van der Waals surface area contributed by atoms with Gasteiger partial charge in [0.05, 0.1) is 30.4 Å². The van der Waals surface area contributed by atoms with E-state index in [-0.39, 0.29) is 15.9 Å². The van der Waals surface area contributed by atoms with Crippen LogP contribution in [0.1, 0.15) is 17.7 Å². The molecular weight excluding hydrogens is 440 g/mol. The van der Waals surface area contributed by atoms with Crippen LogP contribution in [0.5, 0.6) is 11.5 Å². The molecule has 0 spiro atoms. The quantitative estimate of drug-likeness (QED) is 0.188. The van der Waals surface area contributed by atoms with E-state index in [1.165, 1.54) is 17.8 Å². The molecule has 33 heavy (non-hydrogen) atoms. The van der Waals surface area contributed by atoms with Gasteiger partial charge in [-0.2, -0.15) is 0 Å². The van der Waals surface area contributed by atoms with E-state index in [0.29, 0.717) is 16.7 Å². The topological polar surface area (TPSA) is 92.3 Å². The monoisotopic (exact) mass is 462 g/mol. The fourth-order valence-electron chi connectivity index (χ4n) is 3.43. The van der Waals surface area contributed by atoms with Gasteiger partial charge in [0.2, 0.25) is 0 Å². The highest BCUT2D eigenvalue weighted by Gasteiger charge is 2.22. The number of non-ortho nitro benzene ring substituents is 1. The van der Waals surface area contributed by atoms with Crippen LogP contribution in [0.3, 0.4) is 0 Å². The summed E-state index contributed by atoms with van der Waals surface area (Å²) in [6.45, 7) is 1.99. The van der Waals surface area contributed by atoms with Crippen molar-refractivity contribution in [2.45, 2.75) is 17.3 Å². The fraction of sp³-hybridized carbons (Fsp3) is 0.167. The van der Waals surface area contributed by atoms with Gasteiger partial charge >= 0.3 is 0 Å². The number of nitrogens with zero attached hydrogens (tertiary/aromatic N) is 4. The number of nitro groups is 1. The highest BCUT2D eigenvalue weighted by Crippen LogP contribution is 2.39. The average molecular weight is 463 g/mol. The van der Waals surface area contributed by atoms with Gasteiger partial charge in [0, 0.05) is 17.4 Å². The molecule has 9 heteroatoms. The molecule has 3 aromatic carbocycles. The lowest BCUT2D eigenvalue weighted by Gasteiger charge is -2.15. The Morgan fingerprint density at radius 2 is 1.73 bits per heavy atom. The summed E-state index contributed by atoms with van der Waals surface area (Å²) >= 11 is 1.47. The van der Waals surface area contributed by atoms with E-state index in [0.717, 1.165) is 22.6 Å². The molecule has 1 unspecified atom stereocenters. The smallest absolute Gasteiger partial charge is 0.269 e. The second kappa shape index (κ2) is 9.74. The van der Waals surface area contributed by atoms with E-state index < -0.39 is 0 Å². The summed E-state index contributed by atoms with van der Waals surface area (Å²) in [6.07, 6.45) is 0. The number of methoxy groups -OCH3 is 2. The molecule has 168 valence electrons. The van der Waals surface area contributed by atoms with Gasteiger partial charge in [0.25, 0.3) is 5.69 Å². The Labute approximate surface area is 195 Å². The highest BCUT2D eigenvalue weighted by molar-refractivity contribution is 7.99. The molecule has 1 heterocycles.